The third-order valence-electron chi connectivity index (χ3n) is 18.4. The van der Waals surface area contributed by atoms with Crippen LogP contribution >= 0.6 is 11.6 Å². The average Bonchev–Trinajstić information content (AvgIpc) is 4.17. The summed E-state index contributed by atoms with van der Waals surface area (Å²) in [7, 11) is 0. The highest BCUT2D eigenvalue weighted by atomic mass is 35.5. The fourth-order valence-corrected chi connectivity index (χ4v) is 14.5. The number of amides is 1. The van der Waals surface area contributed by atoms with Crippen molar-refractivity contribution in [2.75, 3.05) is 88.3 Å². The topological polar surface area (TPSA) is 132 Å². The summed E-state index contributed by atoms with van der Waals surface area (Å²) in [5, 5.41) is 3.15. The summed E-state index contributed by atoms with van der Waals surface area (Å²) < 4.78 is 4.21. The summed E-state index contributed by atoms with van der Waals surface area (Å²) in [6.45, 7) is 14.7. The number of nitrogens with one attached hydrogen (secondary N) is 1. The number of nitrogens with zero attached hydrogens (tertiary/aromatic N) is 9. The first-order chi connectivity index (χ1) is 35.6. The number of hydrogen-bond acceptors (Lipinski definition) is 11. The van der Waals surface area contributed by atoms with Crippen LogP contribution in [0.5, 0.6) is 0 Å². The van der Waals surface area contributed by atoms with E-state index >= 15 is 0 Å². The van der Waals surface area contributed by atoms with E-state index < -0.39 is 0 Å². The van der Waals surface area contributed by atoms with Gasteiger partial charge in [0.1, 0.15) is 0 Å². The van der Waals surface area contributed by atoms with Gasteiger partial charge in [-0.2, -0.15) is 0 Å². The monoisotopic (exact) mass is 1020 g/mol. The van der Waals surface area contributed by atoms with E-state index in [-0.39, 0.29) is 34.4 Å². The van der Waals surface area contributed by atoms with Gasteiger partial charge in [-0.05, 0) is 99.1 Å². The molecule has 4 atom stereocenters. The number of carbonyl (C=O) groups excluding carboxylic acids is 2. The number of halogens is 1. The lowest BCUT2D eigenvalue weighted by Gasteiger charge is -2.39. The molecule has 0 spiro atoms. The standard InChI is InChI=1S/C29H41N5O2.C27H39N5O.C2H3ClO/c1-21(35)32-17-22-19-33(20-23(22)18-32)28-29(36)34(27-12-8-7-11-26(27)30-28)25-13-15-31(16-14-25)24-9-5-3-2-4-6-10-24;33-27-26(31-18-20-16-28-17-21(20)19-31)29-24-10-6-7-11-25(24)32(27)23-12-14-30(15-13-23)22-8-4-2-1-3-5-9-22;1-2(3)4/h7-8,11-12,22-25H,2-6,9-10,13-20H2,1H3;6-7,10-11,20-23,28H,1-5,8-9,12-19H2;1H3. The molecule has 2 aliphatic carbocycles. The Morgan fingerprint density at radius 2 is 0.849 bits per heavy atom. The van der Waals surface area contributed by atoms with Crippen LogP contribution in [0.25, 0.3) is 22.1 Å². The van der Waals surface area contributed by atoms with Crippen molar-refractivity contribution in [3.05, 3.63) is 69.2 Å². The van der Waals surface area contributed by atoms with E-state index in [1.807, 2.05) is 29.2 Å². The number of benzene rings is 2. The van der Waals surface area contributed by atoms with Crippen molar-refractivity contribution in [2.45, 2.75) is 154 Å². The molecule has 6 saturated heterocycles. The summed E-state index contributed by atoms with van der Waals surface area (Å²) >= 11 is 4.64. The minimum absolute atomic E-state index is 0.0708. The Hall–Kier alpha value is -4.37. The SMILES string of the molecule is CC(=O)Cl.CC(=O)N1CC2CN(c3nc4ccccc4n(C4CCN(C5CCCCCCC5)CC4)c3=O)CC2C1.O=c1c(N2CC3CNCC3C2)nc2ccccc2n1C1CCN(C2CCCCCCC2)CC1. The van der Waals surface area contributed by atoms with Crippen LogP contribution in [0.2, 0.25) is 0 Å². The van der Waals surface area contributed by atoms with Crippen molar-refractivity contribution >= 4 is 56.5 Å². The average molecular weight is 1020 g/mol. The highest BCUT2D eigenvalue weighted by Crippen LogP contribution is 2.36. The summed E-state index contributed by atoms with van der Waals surface area (Å²) in [5.41, 5.74) is 4.06. The second-order valence-electron chi connectivity index (χ2n) is 23.1. The molecular weight excluding hydrogens is 936 g/mol. The van der Waals surface area contributed by atoms with Crippen molar-refractivity contribution < 1.29 is 9.59 Å². The molecule has 4 aromatic rings. The van der Waals surface area contributed by atoms with Gasteiger partial charge >= 0.3 is 0 Å². The van der Waals surface area contributed by atoms with E-state index in [0.717, 1.165) is 138 Å². The molecule has 1 N–H and O–H groups in total. The molecule has 1 amide bonds. The number of rotatable bonds is 6. The van der Waals surface area contributed by atoms with Gasteiger partial charge in [0.25, 0.3) is 11.1 Å². The van der Waals surface area contributed by atoms with Crippen molar-refractivity contribution in [2.24, 2.45) is 23.7 Å². The third kappa shape index (κ3) is 12.0. The zero-order valence-electron chi connectivity index (χ0n) is 44.0. The number of anilines is 2. The van der Waals surface area contributed by atoms with E-state index in [4.69, 9.17) is 9.97 Å². The van der Waals surface area contributed by atoms with Crippen LogP contribution in [0.3, 0.4) is 0 Å². The number of carbonyl (C=O) groups is 2. The minimum atomic E-state index is -0.361. The zero-order valence-corrected chi connectivity index (χ0v) is 44.7. The first-order valence-electron chi connectivity index (χ1n) is 28.7. The molecule has 8 aliphatic rings. The normalized spacial score (nSPS) is 26.3. The van der Waals surface area contributed by atoms with Crippen LogP contribution in [-0.2, 0) is 9.59 Å². The summed E-state index contributed by atoms with van der Waals surface area (Å²) in [6.07, 6.45) is 23.5. The highest BCUT2D eigenvalue weighted by molar-refractivity contribution is 6.62. The molecule has 8 heterocycles. The van der Waals surface area contributed by atoms with E-state index in [0.29, 0.717) is 35.3 Å². The van der Waals surface area contributed by atoms with E-state index in [1.165, 1.54) is 96.8 Å². The van der Waals surface area contributed by atoms with Gasteiger partial charge in [-0.15, -0.1) is 0 Å². The van der Waals surface area contributed by atoms with Crippen LogP contribution in [0, 0.1) is 23.7 Å². The van der Waals surface area contributed by atoms with Gasteiger partial charge in [-0.3, -0.25) is 19.2 Å². The van der Waals surface area contributed by atoms with Crippen molar-refractivity contribution in [3.63, 3.8) is 0 Å². The van der Waals surface area contributed by atoms with Crippen LogP contribution in [0.1, 0.15) is 142 Å². The quantitative estimate of drug-likeness (QED) is 0.186. The van der Waals surface area contributed by atoms with Gasteiger partial charge in [0.2, 0.25) is 11.1 Å². The van der Waals surface area contributed by atoms with Crippen molar-refractivity contribution in [1.82, 2.24) is 39.1 Å². The number of likely N-dealkylation sites (tertiary alicyclic amines) is 3. The Bertz CT molecular complexity index is 2600. The molecule has 0 radical (unpaired) electrons. The molecule has 14 nitrogen and oxygen atoms in total. The first-order valence-corrected chi connectivity index (χ1v) is 29.1. The molecule has 2 aromatic carbocycles. The van der Waals surface area contributed by atoms with Crippen LogP contribution in [0.15, 0.2) is 58.1 Å². The second-order valence-corrected chi connectivity index (χ2v) is 23.7. The van der Waals surface area contributed by atoms with Crippen LogP contribution in [0.4, 0.5) is 11.6 Å². The maximum atomic E-state index is 14.0. The van der Waals surface area contributed by atoms with E-state index in [2.05, 4.69) is 69.9 Å². The Kier molecular flexibility index (Phi) is 17.2. The first kappa shape index (κ1) is 52.1. The fourth-order valence-electron chi connectivity index (χ4n) is 14.5. The van der Waals surface area contributed by atoms with Gasteiger partial charge in [0, 0.05) is 128 Å². The van der Waals surface area contributed by atoms with Gasteiger partial charge in [0.05, 0.1) is 22.1 Å². The number of fused-ring (bicyclic) bond motifs is 4. The Balaban J connectivity index is 0.000000157. The van der Waals surface area contributed by atoms with Crippen LogP contribution in [-0.4, -0.2) is 136 Å². The van der Waals surface area contributed by atoms with E-state index in [9.17, 15) is 19.2 Å². The minimum Gasteiger partial charge on any atom is -0.351 e. The summed E-state index contributed by atoms with van der Waals surface area (Å²) in [6, 6.07) is 18.4. The molecule has 15 heteroatoms. The number of para-hydroxylation sites is 4. The van der Waals surface area contributed by atoms with Gasteiger partial charge in [-0.25, -0.2) is 9.97 Å². The molecule has 73 heavy (non-hydrogen) atoms. The largest absolute Gasteiger partial charge is 0.351 e. The van der Waals surface area contributed by atoms with Gasteiger partial charge < -0.3 is 39.0 Å². The smallest absolute Gasteiger partial charge is 0.294 e. The molecule has 8 fully saturated rings. The second kappa shape index (κ2) is 24.1. The molecular formula is C58H83ClN10O4. The Morgan fingerprint density at radius 1 is 0.493 bits per heavy atom. The van der Waals surface area contributed by atoms with Gasteiger partial charge in [-0.1, -0.05) is 88.5 Å². The number of aromatic nitrogens is 4. The lowest BCUT2D eigenvalue weighted by Crippen LogP contribution is -2.44. The zero-order chi connectivity index (χ0) is 50.4. The number of hydrogen-bond donors (Lipinski definition) is 1. The van der Waals surface area contributed by atoms with Gasteiger partial charge in [0.15, 0.2) is 11.6 Å². The molecule has 396 valence electrons. The molecule has 6 aliphatic heterocycles. The molecule has 12 rings (SSSR count). The highest BCUT2D eigenvalue weighted by Gasteiger charge is 2.43. The molecule has 4 unspecified atom stereocenters. The molecule has 2 aromatic heterocycles. The maximum Gasteiger partial charge on any atom is 0.294 e. The number of piperidine rings is 2. The lowest BCUT2D eigenvalue weighted by atomic mass is 9.93. The third-order valence-corrected chi connectivity index (χ3v) is 18.4. The predicted octanol–water partition coefficient (Wildman–Crippen LogP) is 8.63. The molecule has 2 saturated carbocycles. The lowest BCUT2D eigenvalue weighted by molar-refractivity contribution is -0.128. The Labute approximate surface area is 438 Å². The summed E-state index contributed by atoms with van der Waals surface area (Å²) in [4.78, 5) is 70.7. The van der Waals surface area contributed by atoms with E-state index in [1.54, 1.807) is 6.92 Å². The van der Waals surface area contributed by atoms with Crippen molar-refractivity contribution in [3.8, 4) is 0 Å². The summed E-state index contributed by atoms with van der Waals surface area (Å²) in [5.74, 6) is 3.62. The van der Waals surface area contributed by atoms with Crippen molar-refractivity contribution in [1.29, 1.82) is 0 Å². The van der Waals surface area contributed by atoms with Crippen LogP contribution < -0.4 is 26.2 Å². The Morgan fingerprint density at radius 3 is 1.23 bits per heavy atom. The predicted molar refractivity (Wildman–Crippen MR) is 294 cm³/mol. The maximum absolute atomic E-state index is 14.0. The molecule has 0 bridgehead atoms. The fraction of sp³-hybridized carbons (Fsp3) is 0.690.